The Hall–Kier alpha value is -5.73. The molecule has 0 spiro atoms. The number of aromatic amines is 1. The predicted molar refractivity (Wildman–Crippen MR) is 222 cm³/mol. The molecule has 3 aliphatic heterocycles. The number of ether oxygens (including phenoxy) is 3. The number of aliphatic hydroxyl groups excluding tert-OH is 1. The maximum absolute atomic E-state index is 13.6. The predicted octanol–water partition coefficient (Wildman–Crippen LogP) is 5.13. The van der Waals surface area contributed by atoms with Gasteiger partial charge in [-0.05, 0) is 84.6 Å². The van der Waals surface area contributed by atoms with Gasteiger partial charge in [0.2, 0.25) is 5.56 Å². The minimum atomic E-state index is -0.874. The summed E-state index contributed by atoms with van der Waals surface area (Å²) < 4.78 is 17.7. The summed E-state index contributed by atoms with van der Waals surface area (Å²) in [5.74, 6) is 1.41. The Labute approximate surface area is 342 Å². The highest BCUT2D eigenvalue weighted by Crippen LogP contribution is 2.62. The quantitative estimate of drug-likeness (QED) is 0.0751. The molecular weight excluding hydrogens is 751 g/mol. The number of aromatic nitrogens is 1. The zero-order valence-corrected chi connectivity index (χ0v) is 33.1. The van der Waals surface area contributed by atoms with Crippen molar-refractivity contribution in [1.29, 1.82) is 0 Å². The first-order chi connectivity index (χ1) is 28.7. The Balaban J connectivity index is 0.840. The van der Waals surface area contributed by atoms with Crippen molar-refractivity contribution in [3.8, 4) is 11.5 Å². The second-order valence-electron chi connectivity index (χ2n) is 15.8. The molecule has 13 nitrogen and oxygen atoms in total. The van der Waals surface area contributed by atoms with Crippen LogP contribution in [0.5, 0.6) is 11.5 Å². The number of methoxy groups -OCH3 is 1. The third-order valence-corrected chi connectivity index (χ3v) is 12.0. The number of nitrogens with one attached hydrogen (secondary N) is 3. The molecule has 4 aromatic carbocycles. The van der Waals surface area contributed by atoms with Gasteiger partial charge in [-0.1, -0.05) is 60.7 Å². The molecule has 1 aromatic heterocycles. The van der Waals surface area contributed by atoms with Gasteiger partial charge in [0.25, 0.3) is 5.91 Å². The molecule has 3 unspecified atom stereocenters. The van der Waals surface area contributed by atoms with Crippen LogP contribution in [0.3, 0.4) is 0 Å². The molecular formula is C46H51N5O8. The Morgan fingerprint density at radius 1 is 0.966 bits per heavy atom. The van der Waals surface area contributed by atoms with Gasteiger partial charge in [-0.25, -0.2) is 4.79 Å². The van der Waals surface area contributed by atoms with Gasteiger partial charge < -0.3 is 44.9 Å². The van der Waals surface area contributed by atoms with Crippen molar-refractivity contribution in [3.63, 3.8) is 0 Å². The molecule has 4 aliphatic rings. The number of phenols is 1. The van der Waals surface area contributed by atoms with Crippen LogP contribution in [0.4, 0.5) is 4.79 Å². The fourth-order valence-corrected chi connectivity index (χ4v) is 8.92. The van der Waals surface area contributed by atoms with Crippen molar-refractivity contribution in [2.24, 2.45) is 11.8 Å². The lowest BCUT2D eigenvalue weighted by atomic mass is 9.98. The van der Waals surface area contributed by atoms with E-state index in [1.165, 1.54) is 12.1 Å². The lowest BCUT2D eigenvalue weighted by Gasteiger charge is -2.29. The number of amides is 2. The lowest BCUT2D eigenvalue weighted by molar-refractivity contribution is 0.0436. The molecule has 0 radical (unpaired) electrons. The van der Waals surface area contributed by atoms with E-state index in [4.69, 9.17) is 14.2 Å². The van der Waals surface area contributed by atoms with Crippen LogP contribution >= 0.6 is 0 Å². The zero-order valence-electron chi connectivity index (χ0n) is 33.1. The van der Waals surface area contributed by atoms with Crippen LogP contribution in [0.15, 0.2) is 108 Å². The summed E-state index contributed by atoms with van der Waals surface area (Å²) in [6.45, 7) is 5.32. The van der Waals surface area contributed by atoms with E-state index in [9.17, 15) is 24.6 Å². The van der Waals surface area contributed by atoms with E-state index < -0.39 is 18.2 Å². The summed E-state index contributed by atoms with van der Waals surface area (Å²) in [5, 5.41) is 28.0. The molecule has 2 amide bonds. The zero-order chi connectivity index (χ0) is 40.9. The number of carbonyl (C=O) groups is 2. The average Bonchev–Trinajstić information content (AvgIpc) is 3.75. The number of rotatable bonds is 18. The first-order valence-corrected chi connectivity index (χ1v) is 20.3. The summed E-state index contributed by atoms with van der Waals surface area (Å²) in [5.41, 5.74) is 3.47. The molecule has 59 heavy (non-hydrogen) atoms. The normalized spacial score (nSPS) is 21.1. The van der Waals surface area contributed by atoms with Crippen molar-refractivity contribution in [2.45, 2.75) is 37.2 Å². The van der Waals surface area contributed by atoms with Crippen LogP contribution in [0.2, 0.25) is 0 Å². The molecule has 4 fully saturated rings. The van der Waals surface area contributed by atoms with Crippen LogP contribution in [-0.4, -0.2) is 102 Å². The number of fused-ring (bicyclic) bond motifs is 2. The fourth-order valence-electron chi connectivity index (χ4n) is 8.92. The van der Waals surface area contributed by atoms with Crippen molar-refractivity contribution < 1.29 is 34.0 Å². The number of phenolic OH excluding ortho intramolecular Hbond substituents is 1. The van der Waals surface area contributed by atoms with Gasteiger partial charge in [0.1, 0.15) is 23.7 Å². The van der Waals surface area contributed by atoms with Crippen LogP contribution < -0.4 is 20.9 Å². The Morgan fingerprint density at radius 2 is 1.78 bits per heavy atom. The van der Waals surface area contributed by atoms with E-state index in [1.807, 2.05) is 66.7 Å². The minimum absolute atomic E-state index is 0.0609. The summed E-state index contributed by atoms with van der Waals surface area (Å²) >= 11 is 0. The van der Waals surface area contributed by atoms with Gasteiger partial charge in [-0.15, -0.1) is 0 Å². The Bertz CT molecular complexity index is 2310. The Kier molecular flexibility index (Phi) is 12.0. The molecule has 1 aliphatic carbocycles. The second kappa shape index (κ2) is 17.6. The molecule has 5 aromatic rings. The van der Waals surface area contributed by atoms with E-state index in [1.54, 1.807) is 36.3 Å². The number of aliphatic hydroxyl groups is 1. The number of pyridine rings is 1. The van der Waals surface area contributed by atoms with E-state index in [2.05, 4.69) is 20.5 Å². The molecule has 1 saturated carbocycles. The summed E-state index contributed by atoms with van der Waals surface area (Å²) in [6.07, 6.45) is 0.457. The highest BCUT2D eigenvalue weighted by atomic mass is 16.6. The number of benzene rings is 4. The highest BCUT2D eigenvalue weighted by Gasteiger charge is 2.74. The fraction of sp³-hybridized carbons (Fsp3) is 0.370. The SMILES string of the molecule is COCCN(CCCNC[C@H](O)c1ccc(O)c2[nH]c(=O)ccc12)C(=O)c1ccc(COc2cccc([C@@H](NC(=O)O[C@]34CN5CCC3C4C5)c3ccccc3)c2)cc1. The van der Waals surface area contributed by atoms with Crippen LogP contribution in [0.25, 0.3) is 10.9 Å². The molecule has 13 heteroatoms. The van der Waals surface area contributed by atoms with E-state index in [0.29, 0.717) is 66.8 Å². The van der Waals surface area contributed by atoms with Gasteiger partial charge in [0.15, 0.2) is 0 Å². The summed E-state index contributed by atoms with van der Waals surface area (Å²) in [4.78, 5) is 45.5. The highest BCUT2D eigenvalue weighted by molar-refractivity contribution is 5.94. The van der Waals surface area contributed by atoms with Crippen LogP contribution in [0, 0.1) is 11.8 Å². The maximum Gasteiger partial charge on any atom is 0.408 e. The number of nitrogens with zero attached hydrogens (tertiary/aromatic N) is 2. The summed E-state index contributed by atoms with van der Waals surface area (Å²) in [7, 11) is 1.60. The van der Waals surface area contributed by atoms with Crippen molar-refractivity contribution in [2.75, 3.05) is 59.5 Å². The number of alkyl carbamates (subject to hydrolysis) is 1. The topological polar surface area (TPSA) is 166 Å². The maximum atomic E-state index is 13.6. The lowest BCUT2D eigenvalue weighted by Crippen LogP contribution is -2.42. The number of piperidine rings is 3. The van der Waals surface area contributed by atoms with Crippen LogP contribution in [0.1, 0.15) is 57.6 Å². The second-order valence-corrected chi connectivity index (χ2v) is 15.8. The molecule has 6 atom stereocenters. The smallest absolute Gasteiger partial charge is 0.408 e. The Morgan fingerprint density at radius 3 is 2.53 bits per heavy atom. The minimum Gasteiger partial charge on any atom is -0.506 e. The van der Waals surface area contributed by atoms with E-state index >= 15 is 0 Å². The number of aromatic hydroxyl groups is 1. The molecule has 5 N–H and O–H groups in total. The van der Waals surface area contributed by atoms with Gasteiger partial charge in [-0.2, -0.15) is 0 Å². The molecule has 3 saturated heterocycles. The summed E-state index contributed by atoms with van der Waals surface area (Å²) in [6, 6.07) is 30.6. The van der Waals surface area contributed by atoms with Gasteiger partial charge in [-0.3, -0.25) is 14.5 Å². The third kappa shape index (κ3) is 8.84. The van der Waals surface area contributed by atoms with Crippen LogP contribution in [-0.2, 0) is 16.1 Å². The monoisotopic (exact) mass is 801 g/mol. The van der Waals surface area contributed by atoms with Gasteiger partial charge in [0, 0.05) is 68.7 Å². The number of hydrogen-bond acceptors (Lipinski definition) is 10. The van der Waals surface area contributed by atoms with Crippen molar-refractivity contribution >= 4 is 22.9 Å². The van der Waals surface area contributed by atoms with E-state index in [0.717, 1.165) is 42.7 Å². The molecule has 9 rings (SSSR count). The van der Waals surface area contributed by atoms with Gasteiger partial charge in [0.05, 0.1) is 24.3 Å². The first-order valence-electron chi connectivity index (χ1n) is 20.3. The van der Waals surface area contributed by atoms with Crippen molar-refractivity contribution in [1.82, 2.24) is 25.4 Å². The average molecular weight is 802 g/mol. The molecule has 308 valence electrons. The number of H-pyrrole nitrogens is 1. The number of hydrogen-bond donors (Lipinski definition) is 5. The molecule has 4 bridgehead atoms. The molecule has 4 heterocycles. The van der Waals surface area contributed by atoms with Gasteiger partial charge >= 0.3 is 6.09 Å². The van der Waals surface area contributed by atoms with E-state index in [-0.39, 0.29) is 41.5 Å². The third-order valence-electron chi connectivity index (χ3n) is 12.0. The number of carbonyl (C=O) groups excluding carboxylic acids is 2. The first kappa shape index (κ1) is 40.1. The van der Waals surface area contributed by atoms with Crippen molar-refractivity contribution in [3.05, 3.63) is 141 Å². The standard InChI is InChI=1S/C46H51N5O8/c1-57-24-23-51(21-6-20-47-26-40(53)35-15-17-39(52)43-36(35)16-18-41(54)48-43)44(55)32-13-11-30(12-14-32)28-58-34-10-5-9-33(25-34)42(31-7-3-2-4-8-31)49-45(56)59-46-29-50-22-19-37(46)38(46)27-50/h2-5,7-18,25,37-38,40,42,47,52-53H,6,19-24,26-29H2,1H3,(H,48,54)(H,49,56)/t37?,38?,40-,42-,46+/m0/s1. The largest absolute Gasteiger partial charge is 0.506 e.